The summed E-state index contributed by atoms with van der Waals surface area (Å²) in [7, 11) is 0. The van der Waals surface area contributed by atoms with Gasteiger partial charge in [-0.2, -0.15) is 0 Å². The average Bonchev–Trinajstić information content (AvgIpc) is 2.12. The van der Waals surface area contributed by atoms with Gasteiger partial charge in [0.05, 0.1) is 6.10 Å². The Labute approximate surface area is 103 Å². The number of amides is 1. The number of hydrogen-bond acceptors (Lipinski definition) is 4. The predicted octanol–water partition coefficient (Wildman–Crippen LogP) is 2.15. The smallest absolute Gasteiger partial charge is 0.251 e. The molecule has 7 heteroatoms. The van der Waals surface area contributed by atoms with Gasteiger partial charge in [0.2, 0.25) is 5.28 Å². The first-order valence-corrected chi connectivity index (χ1v) is 5.34. The summed E-state index contributed by atoms with van der Waals surface area (Å²) in [6, 6.07) is 1.40. The van der Waals surface area contributed by atoms with Gasteiger partial charge in [-0.15, -0.1) is 0 Å². The van der Waals surface area contributed by atoms with E-state index in [0.717, 1.165) is 0 Å². The van der Waals surface area contributed by atoms with E-state index >= 15 is 0 Å². The molecule has 1 aromatic heterocycles. The van der Waals surface area contributed by atoms with Gasteiger partial charge in [0.15, 0.2) is 0 Å². The summed E-state index contributed by atoms with van der Waals surface area (Å²) < 4.78 is 5.11. The van der Waals surface area contributed by atoms with Gasteiger partial charge >= 0.3 is 0 Å². The number of nitrogens with one attached hydrogen (secondary N) is 1. The Kier molecular flexibility index (Phi) is 4.92. The van der Waals surface area contributed by atoms with Crippen LogP contribution in [-0.4, -0.2) is 28.6 Å². The van der Waals surface area contributed by atoms with Crippen molar-refractivity contribution in [2.45, 2.75) is 20.0 Å². The zero-order valence-electron chi connectivity index (χ0n) is 8.83. The lowest BCUT2D eigenvalue weighted by atomic mass is 10.5. The molecule has 1 rings (SSSR count). The highest BCUT2D eigenvalue weighted by Gasteiger charge is 2.07. The number of anilines is 1. The van der Waals surface area contributed by atoms with Crippen LogP contribution in [0.25, 0.3) is 0 Å². The van der Waals surface area contributed by atoms with Crippen LogP contribution in [-0.2, 0) is 9.53 Å². The largest absolute Gasteiger partial charge is 0.369 e. The van der Waals surface area contributed by atoms with E-state index in [1.165, 1.54) is 6.07 Å². The quantitative estimate of drug-likeness (QED) is 0.668. The van der Waals surface area contributed by atoms with Crippen LogP contribution in [0.3, 0.4) is 0 Å². The van der Waals surface area contributed by atoms with Crippen LogP contribution in [0.4, 0.5) is 5.82 Å². The van der Waals surface area contributed by atoms with Crippen LogP contribution in [0.15, 0.2) is 6.07 Å². The lowest BCUT2D eigenvalue weighted by molar-refractivity contribution is -0.121. The van der Waals surface area contributed by atoms with E-state index in [4.69, 9.17) is 27.9 Å². The van der Waals surface area contributed by atoms with E-state index in [0.29, 0.717) is 0 Å². The Morgan fingerprint density at radius 2 is 2.19 bits per heavy atom. The maximum absolute atomic E-state index is 11.4. The highest BCUT2D eigenvalue weighted by atomic mass is 35.5. The Bertz CT molecular complexity index is 365. The molecule has 0 aliphatic rings. The first-order valence-electron chi connectivity index (χ1n) is 4.59. The van der Waals surface area contributed by atoms with Crippen molar-refractivity contribution in [1.29, 1.82) is 0 Å². The molecule has 0 saturated carbocycles. The molecule has 0 aromatic carbocycles. The Hall–Kier alpha value is -0.910. The van der Waals surface area contributed by atoms with E-state index in [-0.39, 0.29) is 34.9 Å². The molecule has 0 atom stereocenters. The summed E-state index contributed by atoms with van der Waals surface area (Å²) in [6.45, 7) is 3.63. The number of rotatable bonds is 4. The van der Waals surface area contributed by atoms with Crippen molar-refractivity contribution in [3.8, 4) is 0 Å². The topological polar surface area (TPSA) is 64.1 Å². The molecule has 0 bridgehead atoms. The number of aromatic nitrogens is 2. The fourth-order valence-electron chi connectivity index (χ4n) is 0.875. The van der Waals surface area contributed by atoms with Gasteiger partial charge < -0.3 is 10.1 Å². The molecule has 1 amide bonds. The standard InChI is InChI=1S/C9H11Cl2N3O2/c1-5(2)16-4-8(15)13-7-3-6(10)12-9(11)14-7/h3,5H,4H2,1-2H3,(H,12,13,14,15). The van der Waals surface area contributed by atoms with Crippen LogP contribution in [0.1, 0.15) is 13.8 Å². The van der Waals surface area contributed by atoms with Gasteiger partial charge in [0, 0.05) is 6.07 Å². The third-order valence-electron chi connectivity index (χ3n) is 1.48. The van der Waals surface area contributed by atoms with Crippen LogP contribution < -0.4 is 5.32 Å². The normalized spacial score (nSPS) is 10.6. The number of ether oxygens (including phenoxy) is 1. The number of halogens is 2. The lowest BCUT2D eigenvalue weighted by Gasteiger charge is -2.07. The molecular formula is C9H11Cl2N3O2. The Morgan fingerprint density at radius 1 is 1.50 bits per heavy atom. The summed E-state index contributed by atoms with van der Waals surface area (Å²) in [5, 5.41) is 2.64. The maximum Gasteiger partial charge on any atom is 0.251 e. The second kappa shape index (κ2) is 5.98. The zero-order valence-corrected chi connectivity index (χ0v) is 10.3. The summed E-state index contributed by atoms with van der Waals surface area (Å²) >= 11 is 11.2. The SMILES string of the molecule is CC(C)OCC(=O)Nc1cc(Cl)nc(Cl)n1. The van der Waals surface area contributed by atoms with Crippen LogP contribution in [0.2, 0.25) is 10.4 Å². The number of hydrogen-bond donors (Lipinski definition) is 1. The van der Waals surface area contributed by atoms with Crippen LogP contribution in [0.5, 0.6) is 0 Å². The molecule has 0 radical (unpaired) electrons. The van der Waals surface area contributed by atoms with Gasteiger partial charge in [-0.05, 0) is 25.4 Å². The van der Waals surface area contributed by atoms with E-state index < -0.39 is 0 Å². The molecule has 0 unspecified atom stereocenters. The van der Waals surface area contributed by atoms with E-state index in [1.54, 1.807) is 0 Å². The second-order valence-electron chi connectivity index (χ2n) is 3.25. The molecule has 1 heterocycles. The van der Waals surface area contributed by atoms with Gasteiger partial charge in [0.1, 0.15) is 17.6 Å². The monoisotopic (exact) mass is 263 g/mol. The zero-order chi connectivity index (χ0) is 12.1. The molecule has 0 spiro atoms. The van der Waals surface area contributed by atoms with Crippen molar-refractivity contribution in [1.82, 2.24) is 9.97 Å². The van der Waals surface area contributed by atoms with Crippen molar-refractivity contribution in [2.75, 3.05) is 11.9 Å². The van der Waals surface area contributed by atoms with Gasteiger partial charge in [-0.3, -0.25) is 4.79 Å². The highest BCUT2D eigenvalue weighted by Crippen LogP contribution is 2.14. The Morgan fingerprint density at radius 3 is 2.75 bits per heavy atom. The van der Waals surface area contributed by atoms with Crippen molar-refractivity contribution >= 4 is 34.9 Å². The first-order chi connectivity index (χ1) is 7.47. The average molecular weight is 264 g/mol. The van der Waals surface area contributed by atoms with E-state index in [1.807, 2.05) is 13.8 Å². The van der Waals surface area contributed by atoms with Gasteiger partial charge in [-0.1, -0.05) is 11.6 Å². The number of carbonyl (C=O) groups excluding carboxylic acids is 1. The molecule has 0 aliphatic heterocycles. The summed E-state index contributed by atoms with van der Waals surface area (Å²) in [4.78, 5) is 18.8. The van der Waals surface area contributed by atoms with Crippen molar-refractivity contribution in [3.05, 3.63) is 16.5 Å². The summed E-state index contributed by atoms with van der Waals surface area (Å²) in [5.74, 6) is -0.0677. The molecule has 0 aliphatic carbocycles. The fraction of sp³-hybridized carbons (Fsp3) is 0.444. The van der Waals surface area contributed by atoms with Crippen LogP contribution in [0, 0.1) is 0 Å². The number of carbonyl (C=O) groups is 1. The van der Waals surface area contributed by atoms with Gasteiger partial charge in [0.25, 0.3) is 5.91 Å². The highest BCUT2D eigenvalue weighted by molar-refractivity contribution is 6.32. The molecule has 88 valence electrons. The number of nitrogens with zero attached hydrogens (tertiary/aromatic N) is 2. The molecule has 0 saturated heterocycles. The maximum atomic E-state index is 11.4. The minimum absolute atomic E-state index is 0.0108. The Balaban J connectivity index is 2.56. The molecule has 5 nitrogen and oxygen atoms in total. The van der Waals surface area contributed by atoms with E-state index in [9.17, 15) is 4.79 Å². The lowest BCUT2D eigenvalue weighted by Crippen LogP contribution is -2.21. The van der Waals surface area contributed by atoms with Crippen LogP contribution >= 0.6 is 23.2 Å². The molecule has 1 aromatic rings. The van der Waals surface area contributed by atoms with Crippen molar-refractivity contribution < 1.29 is 9.53 Å². The third kappa shape index (κ3) is 4.74. The molecule has 1 N–H and O–H groups in total. The van der Waals surface area contributed by atoms with Crippen molar-refractivity contribution in [3.63, 3.8) is 0 Å². The van der Waals surface area contributed by atoms with Gasteiger partial charge in [-0.25, -0.2) is 9.97 Å². The van der Waals surface area contributed by atoms with E-state index in [2.05, 4.69) is 15.3 Å². The van der Waals surface area contributed by atoms with Crippen molar-refractivity contribution in [2.24, 2.45) is 0 Å². The molecule has 16 heavy (non-hydrogen) atoms. The third-order valence-corrected chi connectivity index (χ3v) is 1.85. The fourth-order valence-corrected chi connectivity index (χ4v) is 1.28. The summed E-state index contributed by atoms with van der Waals surface area (Å²) in [6.07, 6.45) is -0.0108. The molecule has 0 fully saturated rings. The molecular weight excluding hydrogens is 253 g/mol. The first kappa shape index (κ1) is 13.2. The predicted molar refractivity (Wildman–Crippen MR) is 61.8 cm³/mol. The second-order valence-corrected chi connectivity index (χ2v) is 3.98. The minimum Gasteiger partial charge on any atom is -0.369 e. The summed E-state index contributed by atoms with van der Waals surface area (Å²) in [5.41, 5.74) is 0. The minimum atomic E-state index is -0.320.